The summed E-state index contributed by atoms with van der Waals surface area (Å²) in [6.45, 7) is 5.36. The zero-order chi connectivity index (χ0) is 17.4. The summed E-state index contributed by atoms with van der Waals surface area (Å²) in [6, 6.07) is 13.9. The van der Waals surface area contributed by atoms with E-state index in [4.69, 9.17) is 9.15 Å². The lowest BCUT2D eigenvalue weighted by atomic mass is 10.0. The fraction of sp³-hybridized carbons (Fsp3) is 0.286. The topological polar surface area (TPSA) is 42.7 Å². The van der Waals surface area contributed by atoms with Crippen molar-refractivity contribution in [2.75, 3.05) is 11.6 Å². The maximum absolute atomic E-state index is 12.0. The molecule has 0 saturated carbocycles. The third kappa shape index (κ3) is 2.68. The van der Waals surface area contributed by atoms with Gasteiger partial charge in [0, 0.05) is 17.1 Å². The van der Waals surface area contributed by atoms with Crippen molar-refractivity contribution in [3.63, 3.8) is 0 Å². The van der Waals surface area contributed by atoms with E-state index in [1.807, 2.05) is 25.1 Å². The Hall–Kier alpha value is -2.75. The van der Waals surface area contributed by atoms with E-state index >= 15 is 0 Å². The zero-order valence-electron chi connectivity index (χ0n) is 14.5. The van der Waals surface area contributed by atoms with Crippen molar-refractivity contribution >= 4 is 16.7 Å². The van der Waals surface area contributed by atoms with Crippen LogP contribution in [0.15, 0.2) is 51.7 Å². The van der Waals surface area contributed by atoms with Crippen molar-refractivity contribution in [3.05, 3.63) is 69.6 Å². The number of hydrogen-bond donors (Lipinski definition) is 0. The summed E-state index contributed by atoms with van der Waals surface area (Å²) < 4.78 is 11.6. The predicted octanol–water partition coefficient (Wildman–Crippen LogP) is 4.27. The maximum Gasteiger partial charge on any atom is 0.336 e. The highest BCUT2D eigenvalue weighted by molar-refractivity contribution is 5.85. The smallest absolute Gasteiger partial charge is 0.336 e. The summed E-state index contributed by atoms with van der Waals surface area (Å²) >= 11 is 0. The molecular formula is C21H21NO3. The third-order valence-electron chi connectivity index (χ3n) is 4.88. The first-order chi connectivity index (χ1) is 12.2. The van der Waals surface area contributed by atoms with Crippen LogP contribution in [0.3, 0.4) is 0 Å². The summed E-state index contributed by atoms with van der Waals surface area (Å²) in [6.07, 6.45) is 1.76. The molecule has 0 aliphatic carbocycles. The van der Waals surface area contributed by atoms with Gasteiger partial charge in [0.25, 0.3) is 0 Å². The van der Waals surface area contributed by atoms with Crippen molar-refractivity contribution in [1.29, 1.82) is 0 Å². The number of aryl methyl sites for hydroxylation is 2. The summed E-state index contributed by atoms with van der Waals surface area (Å²) in [4.78, 5) is 14.2. The van der Waals surface area contributed by atoms with Crippen LogP contribution in [-0.2, 0) is 19.4 Å². The average molecular weight is 335 g/mol. The summed E-state index contributed by atoms with van der Waals surface area (Å²) in [5.41, 5.74) is 4.76. The van der Waals surface area contributed by atoms with E-state index in [0.717, 1.165) is 35.1 Å². The minimum Gasteiger partial charge on any atom is -0.473 e. The van der Waals surface area contributed by atoms with Gasteiger partial charge in [-0.25, -0.2) is 4.79 Å². The highest BCUT2D eigenvalue weighted by Gasteiger charge is 2.23. The quantitative estimate of drug-likeness (QED) is 0.670. The monoisotopic (exact) mass is 335 g/mol. The molecule has 1 aliphatic rings. The second kappa shape index (κ2) is 6.28. The molecule has 0 unspecified atom stereocenters. The van der Waals surface area contributed by atoms with Crippen LogP contribution in [0.1, 0.15) is 30.5 Å². The van der Waals surface area contributed by atoms with Gasteiger partial charge in [-0.15, -0.1) is 0 Å². The van der Waals surface area contributed by atoms with Crippen LogP contribution in [0, 0.1) is 0 Å². The number of fused-ring (bicyclic) bond motifs is 3. The van der Waals surface area contributed by atoms with Crippen LogP contribution in [0.2, 0.25) is 0 Å². The molecule has 1 aromatic heterocycles. The molecule has 0 saturated heterocycles. The first-order valence-electron chi connectivity index (χ1n) is 8.75. The summed E-state index contributed by atoms with van der Waals surface area (Å²) in [7, 11) is 0. The first kappa shape index (κ1) is 15.8. The Morgan fingerprint density at radius 1 is 1.04 bits per heavy atom. The fourth-order valence-corrected chi connectivity index (χ4v) is 3.56. The SMILES string of the molecule is CCc1ccccc1N1COc2ccc3c(CC)cc(=O)oc3c2C1. The van der Waals surface area contributed by atoms with Crippen LogP contribution in [0.5, 0.6) is 5.75 Å². The van der Waals surface area contributed by atoms with Gasteiger partial charge in [0.15, 0.2) is 6.73 Å². The van der Waals surface area contributed by atoms with Gasteiger partial charge in [0.1, 0.15) is 11.3 Å². The molecule has 2 heterocycles. The number of benzene rings is 2. The van der Waals surface area contributed by atoms with Gasteiger partial charge < -0.3 is 14.1 Å². The second-order valence-corrected chi connectivity index (χ2v) is 6.32. The molecule has 0 atom stereocenters. The average Bonchev–Trinajstić information content (AvgIpc) is 2.66. The highest BCUT2D eigenvalue weighted by atomic mass is 16.5. The number of nitrogens with zero attached hydrogens (tertiary/aromatic N) is 1. The first-order valence-corrected chi connectivity index (χ1v) is 8.75. The predicted molar refractivity (Wildman–Crippen MR) is 99.4 cm³/mol. The maximum atomic E-state index is 12.0. The van der Waals surface area contributed by atoms with E-state index in [-0.39, 0.29) is 5.63 Å². The molecule has 0 amide bonds. The van der Waals surface area contributed by atoms with Gasteiger partial charge in [0.05, 0.1) is 12.1 Å². The van der Waals surface area contributed by atoms with Crippen molar-refractivity contribution < 1.29 is 9.15 Å². The van der Waals surface area contributed by atoms with Crippen molar-refractivity contribution in [2.24, 2.45) is 0 Å². The molecule has 0 N–H and O–H groups in total. The molecule has 4 rings (SSSR count). The van der Waals surface area contributed by atoms with Crippen LogP contribution in [0.4, 0.5) is 5.69 Å². The molecule has 0 fully saturated rings. The Morgan fingerprint density at radius 3 is 2.64 bits per heavy atom. The van der Waals surface area contributed by atoms with Gasteiger partial charge in [0.2, 0.25) is 0 Å². The molecular weight excluding hydrogens is 314 g/mol. The van der Waals surface area contributed by atoms with Crippen LogP contribution in [-0.4, -0.2) is 6.73 Å². The van der Waals surface area contributed by atoms with Gasteiger partial charge in [-0.05, 0) is 42.2 Å². The van der Waals surface area contributed by atoms with E-state index in [1.165, 1.54) is 11.3 Å². The Bertz CT molecular complexity index is 990. The number of hydrogen-bond acceptors (Lipinski definition) is 4. The van der Waals surface area contributed by atoms with E-state index < -0.39 is 0 Å². The van der Waals surface area contributed by atoms with E-state index in [0.29, 0.717) is 18.9 Å². The lowest BCUT2D eigenvalue weighted by Gasteiger charge is -2.32. The standard InChI is InChI=1S/C21H21NO3/c1-3-14-7-5-6-8-18(14)22-12-17-19(24-13-22)10-9-16-15(4-2)11-20(23)25-21(16)17/h5-11H,3-4,12-13H2,1-2H3. The molecule has 128 valence electrons. The second-order valence-electron chi connectivity index (χ2n) is 6.32. The van der Waals surface area contributed by atoms with E-state index in [1.54, 1.807) is 6.07 Å². The number of anilines is 1. The molecule has 1 aliphatic heterocycles. The molecule has 25 heavy (non-hydrogen) atoms. The van der Waals surface area contributed by atoms with Gasteiger partial charge in [-0.1, -0.05) is 32.0 Å². The molecule has 0 spiro atoms. The van der Waals surface area contributed by atoms with Gasteiger partial charge in [-0.3, -0.25) is 0 Å². The molecule has 0 bridgehead atoms. The summed E-state index contributed by atoms with van der Waals surface area (Å²) in [5.74, 6) is 0.800. The van der Waals surface area contributed by atoms with Crippen molar-refractivity contribution in [1.82, 2.24) is 0 Å². The van der Waals surface area contributed by atoms with Crippen LogP contribution < -0.4 is 15.3 Å². The van der Waals surface area contributed by atoms with Crippen LogP contribution >= 0.6 is 0 Å². The minimum atomic E-state index is -0.302. The molecule has 4 nitrogen and oxygen atoms in total. The Kier molecular flexibility index (Phi) is 3.96. The van der Waals surface area contributed by atoms with Crippen LogP contribution in [0.25, 0.3) is 11.0 Å². The molecule has 3 aromatic rings. The molecule has 2 aromatic carbocycles. The van der Waals surface area contributed by atoms with Crippen molar-refractivity contribution in [2.45, 2.75) is 33.2 Å². The molecule has 4 heteroatoms. The Morgan fingerprint density at radius 2 is 1.84 bits per heavy atom. The fourth-order valence-electron chi connectivity index (χ4n) is 3.56. The third-order valence-corrected chi connectivity index (χ3v) is 4.88. The highest BCUT2D eigenvalue weighted by Crippen LogP contribution is 2.35. The number of rotatable bonds is 3. The Labute approximate surface area is 146 Å². The summed E-state index contributed by atoms with van der Waals surface area (Å²) in [5, 5.41) is 0.995. The number of ether oxygens (including phenoxy) is 1. The normalized spacial score (nSPS) is 13.6. The minimum absolute atomic E-state index is 0.302. The lowest BCUT2D eigenvalue weighted by molar-refractivity contribution is 0.289. The molecule has 0 radical (unpaired) electrons. The zero-order valence-corrected chi connectivity index (χ0v) is 14.5. The van der Waals surface area contributed by atoms with E-state index in [2.05, 4.69) is 30.0 Å². The van der Waals surface area contributed by atoms with Gasteiger partial charge >= 0.3 is 5.63 Å². The van der Waals surface area contributed by atoms with Gasteiger partial charge in [-0.2, -0.15) is 0 Å². The van der Waals surface area contributed by atoms with E-state index in [9.17, 15) is 4.79 Å². The Balaban J connectivity index is 1.85. The largest absolute Gasteiger partial charge is 0.473 e. The lowest BCUT2D eigenvalue weighted by Crippen LogP contribution is -2.32. The van der Waals surface area contributed by atoms with Crippen molar-refractivity contribution in [3.8, 4) is 5.75 Å². The number of para-hydroxylation sites is 1.